The van der Waals surface area contributed by atoms with Crippen LogP contribution in [0.4, 0.5) is 0 Å². The van der Waals surface area contributed by atoms with Gasteiger partial charge in [-0.15, -0.1) is 0 Å². The quantitative estimate of drug-likeness (QED) is 0.781. The monoisotopic (exact) mass is 266 g/mol. The van der Waals surface area contributed by atoms with Crippen LogP contribution in [0, 0.1) is 18.8 Å². The van der Waals surface area contributed by atoms with Crippen LogP contribution in [0.5, 0.6) is 0 Å². The Labute approximate surface area is 118 Å². The highest BCUT2D eigenvalue weighted by molar-refractivity contribution is 5.20. The van der Waals surface area contributed by atoms with Crippen molar-refractivity contribution in [2.45, 2.75) is 47.7 Å². The molecule has 1 rings (SSSR count). The molecule has 19 heavy (non-hydrogen) atoms. The molecule has 0 aliphatic heterocycles. The van der Waals surface area contributed by atoms with Crippen LogP contribution in [0.3, 0.4) is 0 Å². The highest BCUT2D eigenvalue weighted by Crippen LogP contribution is 2.17. The highest BCUT2D eigenvalue weighted by atomic mass is 16.3. The molecule has 0 bridgehead atoms. The Hall–Kier alpha value is -0.800. The summed E-state index contributed by atoms with van der Waals surface area (Å²) in [6.07, 6.45) is 0. The van der Waals surface area contributed by atoms with Crippen LogP contribution >= 0.6 is 0 Å². The molecule has 3 heteroatoms. The zero-order valence-electron chi connectivity index (χ0n) is 13.4. The van der Waals surface area contributed by atoms with E-state index < -0.39 is 0 Å². The van der Waals surface area contributed by atoms with Gasteiger partial charge in [0, 0.05) is 25.2 Å². The lowest BCUT2D eigenvalue weighted by molar-refractivity contribution is 0.196. The maximum atomic E-state index is 5.88. The minimum absolute atomic E-state index is 0.687. The second kappa shape index (κ2) is 7.71. The Morgan fingerprint density at radius 2 is 1.74 bits per heavy atom. The van der Waals surface area contributed by atoms with E-state index in [0.29, 0.717) is 11.8 Å². The Balaban J connectivity index is 2.69. The summed E-state index contributed by atoms with van der Waals surface area (Å²) in [6, 6.07) is 2.19. The molecule has 0 aliphatic rings. The summed E-state index contributed by atoms with van der Waals surface area (Å²) in [5.41, 5.74) is 1.27. The minimum atomic E-state index is 0.687. The lowest BCUT2D eigenvalue weighted by atomic mass is 10.1. The van der Waals surface area contributed by atoms with Gasteiger partial charge in [-0.1, -0.05) is 27.7 Å². The molecule has 0 aromatic carbocycles. The summed E-state index contributed by atoms with van der Waals surface area (Å²) in [7, 11) is 1.97. The smallest absolute Gasteiger partial charge is 0.118 e. The van der Waals surface area contributed by atoms with Crippen LogP contribution in [0.1, 0.15) is 44.8 Å². The third kappa shape index (κ3) is 5.79. The largest absolute Gasteiger partial charge is 0.465 e. The zero-order chi connectivity index (χ0) is 14.4. The number of hydrogen-bond acceptors (Lipinski definition) is 3. The van der Waals surface area contributed by atoms with Gasteiger partial charge in [0.25, 0.3) is 0 Å². The van der Waals surface area contributed by atoms with Crippen molar-refractivity contribution >= 4 is 0 Å². The number of nitrogens with zero attached hydrogens (tertiary/aromatic N) is 1. The lowest BCUT2D eigenvalue weighted by Crippen LogP contribution is -2.30. The Bertz CT molecular complexity index is 359. The van der Waals surface area contributed by atoms with E-state index in [2.05, 4.69) is 44.0 Å². The molecule has 0 unspecified atom stereocenters. The highest BCUT2D eigenvalue weighted by Gasteiger charge is 2.14. The standard InChI is InChI=1S/C16H30N2O/c1-12(2)9-18(10-13(3)4)11-16-7-15(8-17-6)14(5)19-16/h7,12-13,17H,8-11H2,1-6H3. The van der Waals surface area contributed by atoms with Crippen molar-refractivity contribution in [2.75, 3.05) is 20.1 Å². The summed E-state index contributed by atoms with van der Waals surface area (Å²) in [5, 5.41) is 3.18. The molecule has 1 heterocycles. The summed E-state index contributed by atoms with van der Waals surface area (Å²) in [4.78, 5) is 2.50. The molecule has 0 radical (unpaired) electrons. The number of nitrogens with one attached hydrogen (secondary N) is 1. The number of hydrogen-bond donors (Lipinski definition) is 1. The molecule has 1 aromatic heterocycles. The van der Waals surface area contributed by atoms with E-state index in [9.17, 15) is 0 Å². The van der Waals surface area contributed by atoms with Gasteiger partial charge in [0.15, 0.2) is 0 Å². The van der Waals surface area contributed by atoms with Crippen LogP contribution in [-0.2, 0) is 13.1 Å². The number of aryl methyl sites for hydroxylation is 1. The van der Waals surface area contributed by atoms with E-state index in [1.807, 2.05) is 14.0 Å². The van der Waals surface area contributed by atoms with Gasteiger partial charge in [-0.2, -0.15) is 0 Å². The molecule has 0 atom stereocenters. The van der Waals surface area contributed by atoms with E-state index in [1.165, 1.54) is 5.56 Å². The van der Waals surface area contributed by atoms with Crippen molar-refractivity contribution in [3.05, 3.63) is 23.2 Å². The van der Waals surface area contributed by atoms with Gasteiger partial charge in [0.2, 0.25) is 0 Å². The summed E-state index contributed by atoms with van der Waals surface area (Å²) >= 11 is 0. The van der Waals surface area contributed by atoms with Gasteiger partial charge >= 0.3 is 0 Å². The fraction of sp³-hybridized carbons (Fsp3) is 0.750. The summed E-state index contributed by atoms with van der Waals surface area (Å²) in [5.74, 6) is 3.50. The van der Waals surface area contributed by atoms with Crippen molar-refractivity contribution in [1.29, 1.82) is 0 Å². The van der Waals surface area contributed by atoms with Gasteiger partial charge in [0.1, 0.15) is 11.5 Å². The number of furan rings is 1. The van der Waals surface area contributed by atoms with E-state index in [1.54, 1.807) is 0 Å². The fourth-order valence-corrected chi connectivity index (χ4v) is 2.49. The SMILES string of the molecule is CNCc1cc(CN(CC(C)C)CC(C)C)oc1C. The lowest BCUT2D eigenvalue weighted by Gasteiger charge is -2.25. The third-order valence-corrected chi connectivity index (χ3v) is 3.06. The van der Waals surface area contributed by atoms with Crippen molar-refractivity contribution in [3.63, 3.8) is 0 Å². The maximum Gasteiger partial charge on any atom is 0.118 e. The van der Waals surface area contributed by atoms with E-state index in [0.717, 1.165) is 37.7 Å². The molecule has 1 aromatic rings. The van der Waals surface area contributed by atoms with Gasteiger partial charge in [-0.25, -0.2) is 0 Å². The van der Waals surface area contributed by atoms with Gasteiger partial charge < -0.3 is 9.73 Å². The second-order valence-corrected chi connectivity index (χ2v) is 6.31. The second-order valence-electron chi connectivity index (χ2n) is 6.31. The van der Waals surface area contributed by atoms with Gasteiger partial charge in [-0.05, 0) is 31.9 Å². The fourth-order valence-electron chi connectivity index (χ4n) is 2.49. The average molecular weight is 266 g/mol. The molecule has 0 saturated carbocycles. The van der Waals surface area contributed by atoms with Crippen LogP contribution in [0.25, 0.3) is 0 Å². The first kappa shape index (κ1) is 16.3. The van der Waals surface area contributed by atoms with Crippen LogP contribution in [0.15, 0.2) is 10.5 Å². The molecule has 0 aliphatic carbocycles. The molecule has 0 saturated heterocycles. The molecule has 0 spiro atoms. The zero-order valence-corrected chi connectivity index (χ0v) is 13.4. The molecular weight excluding hydrogens is 236 g/mol. The Morgan fingerprint density at radius 1 is 1.16 bits per heavy atom. The topological polar surface area (TPSA) is 28.4 Å². The summed E-state index contributed by atoms with van der Waals surface area (Å²) in [6.45, 7) is 15.2. The first-order valence-electron chi connectivity index (χ1n) is 7.37. The number of rotatable bonds is 8. The maximum absolute atomic E-state index is 5.88. The normalized spacial score (nSPS) is 12.1. The van der Waals surface area contributed by atoms with Gasteiger partial charge in [0.05, 0.1) is 6.54 Å². The van der Waals surface area contributed by atoms with Crippen LogP contribution in [0.2, 0.25) is 0 Å². The predicted octanol–water partition coefficient (Wildman–Crippen LogP) is 3.42. The molecule has 0 amide bonds. The summed E-state index contributed by atoms with van der Waals surface area (Å²) < 4.78 is 5.88. The Morgan fingerprint density at radius 3 is 2.21 bits per heavy atom. The molecular formula is C16H30N2O. The molecule has 3 nitrogen and oxygen atoms in total. The first-order chi connectivity index (χ1) is 8.92. The minimum Gasteiger partial charge on any atom is -0.465 e. The van der Waals surface area contributed by atoms with Crippen molar-refractivity contribution < 1.29 is 4.42 Å². The van der Waals surface area contributed by atoms with Crippen LogP contribution < -0.4 is 5.32 Å². The van der Waals surface area contributed by atoms with Crippen molar-refractivity contribution in [1.82, 2.24) is 10.2 Å². The third-order valence-electron chi connectivity index (χ3n) is 3.06. The van der Waals surface area contributed by atoms with E-state index in [4.69, 9.17) is 4.42 Å². The molecule has 1 N–H and O–H groups in total. The molecule has 0 fully saturated rings. The predicted molar refractivity (Wildman–Crippen MR) is 81.2 cm³/mol. The van der Waals surface area contributed by atoms with Crippen molar-refractivity contribution in [3.8, 4) is 0 Å². The van der Waals surface area contributed by atoms with Gasteiger partial charge in [-0.3, -0.25) is 4.90 Å². The first-order valence-corrected chi connectivity index (χ1v) is 7.37. The average Bonchev–Trinajstić information content (AvgIpc) is 2.57. The van der Waals surface area contributed by atoms with E-state index >= 15 is 0 Å². The van der Waals surface area contributed by atoms with E-state index in [-0.39, 0.29) is 0 Å². The van der Waals surface area contributed by atoms with Crippen LogP contribution in [-0.4, -0.2) is 25.0 Å². The Kier molecular flexibility index (Phi) is 6.59. The van der Waals surface area contributed by atoms with Crippen molar-refractivity contribution in [2.24, 2.45) is 11.8 Å². The molecule has 110 valence electrons.